The Kier molecular flexibility index (Phi) is 2.74. The largest absolute Gasteiger partial charge is 0.330 e. The summed E-state index contributed by atoms with van der Waals surface area (Å²) < 4.78 is 3.24. The van der Waals surface area contributed by atoms with E-state index in [0.717, 1.165) is 16.1 Å². The summed E-state index contributed by atoms with van der Waals surface area (Å²) in [7, 11) is 0. The third-order valence-electron chi connectivity index (χ3n) is 4.70. The zero-order valence-corrected chi connectivity index (χ0v) is 11.7. The van der Waals surface area contributed by atoms with E-state index in [1.807, 2.05) is 11.6 Å². The summed E-state index contributed by atoms with van der Waals surface area (Å²) in [5, 5.41) is 2.03. The van der Waals surface area contributed by atoms with Gasteiger partial charge in [0.2, 0.25) is 0 Å². The van der Waals surface area contributed by atoms with E-state index in [9.17, 15) is 4.79 Å². The molecule has 3 unspecified atom stereocenters. The van der Waals surface area contributed by atoms with E-state index in [2.05, 4.69) is 15.5 Å². The first-order valence-electron chi connectivity index (χ1n) is 7.15. The second kappa shape index (κ2) is 4.46. The van der Waals surface area contributed by atoms with Gasteiger partial charge in [-0.15, -0.1) is 11.3 Å². The molecule has 3 saturated heterocycles. The van der Waals surface area contributed by atoms with E-state index in [0.29, 0.717) is 6.17 Å². The van der Waals surface area contributed by atoms with Gasteiger partial charge in [-0.3, -0.25) is 9.69 Å². The third-order valence-corrected chi connectivity index (χ3v) is 5.62. The average molecular weight is 274 g/mol. The molecule has 100 valence electrons. The highest BCUT2D eigenvalue weighted by Crippen LogP contribution is 2.37. The zero-order chi connectivity index (χ0) is 12.8. The van der Waals surface area contributed by atoms with Gasteiger partial charge in [0.15, 0.2) is 5.43 Å². The van der Waals surface area contributed by atoms with Crippen molar-refractivity contribution in [2.45, 2.75) is 31.8 Å². The Morgan fingerprint density at radius 3 is 3.11 bits per heavy atom. The second-order valence-electron chi connectivity index (χ2n) is 5.77. The summed E-state index contributed by atoms with van der Waals surface area (Å²) in [5.74, 6) is 0.872. The third kappa shape index (κ3) is 1.85. The van der Waals surface area contributed by atoms with Crippen LogP contribution < -0.4 is 5.43 Å². The zero-order valence-electron chi connectivity index (χ0n) is 10.9. The molecular formula is C15H18N2OS. The quantitative estimate of drug-likeness (QED) is 0.798. The van der Waals surface area contributed by atoms with E-state index in [1.54, 1.807) is 17.4 Å². The van der Waals surface area contributed by atoms with Crippen molar-refractivity contribution in [3.8, 4) is 0 Å². The molecule has 0 radical (unpaired) electrons. The molecule has 5 heterocycles. The molecule has 0 amide bonds. The number of nitrogens with zero attached hydrogens (tertiary/aromatic N) is 2. The molecule has 3 aliphatic rings. The molecule has 0 saturated carbocycles. The smallest absolute Gasteiger partial charge is 0.199 e. The Morgan fingerprint density at radius 1 is 1.21 bits per heavy atom. The van der Waals surface area contributed by atoms with Gasteiger partial charge in [-0.2, -0.15) is 0 Å². The maximum Gasteiger partial charge on any atom is 0.199 e. The predicted octanol–water partition coefficient (Wildman–Crippen LogP) is 3.07. The number of hydrogen-bond acceptors (Lipinski definition) is 3. The van der Waals surface area contributed by atoms with Gasteiger partial charge in [0.1, 0.15) is 0 Å². The fourth-order valence-corrected chi connectivity index (χ4v) is 4.52. The van der Waals surface area contributed by atoms with E-state index in [4.69, 9.17) is 0 Å². The van der Waals surface area contributed by atoms with Crippen molar-refractivity contribution in [1.82, 2.24) is 9.47 Å². The van der Waals surface area contributed by atoms with E-state index < -0.39 is 0 Å². The van der Waals surface area contributed by atoms with Crippen molar-refractivity contribution in [1.29, 1.82) is 0 Å². The Morgan fingerprint density at radius 2 is 2.16 bits per heavy atom. The molecule has 3 aliphatic heterocycles. The Balaban J connectivity index is 1.84. The predicted molar refractivity (Wildman–Crippen MR) is 78.7 cm³/mol. The minimum atomic E-state index is 0.162. The van der Waals surface area contributed by atoms with Crippen LogP contribution in [0.3, 0.4) is 0 Å². The fourth-order valence-electron chi connectivity index (χ4n) is 3.71. The topological polar surface area (TPSA) is 25.2 Å². The highest BCUT2D eigenvalue weighted by molar-refractivity contribution is 7.17. The monoisotopic (exact) mass is 274 g/mol. The highest BCUT2D eigenvalue weighted by atomic mass is 32.1. The molecule has 0 aromatic carbocycles. The number of thiophene rings is 1. The van der Waals surface area contributed by atoms with Crippen LogP contribution in [0.15, 0.2) is 28.5 Å². The first-order chi connectivity index (χ1) is 9.33. The van der Waals surface area contributed by atoms with Gasteiger partial charge in [0.05, 0.1) is 16.4 Å². The summed E-state index contributed by atoms with van der Waals surface area (Å²) in [5.41, 5.74) is 1.28. The van der Waals surface area contributed by atoms with Gasteiger partial charge in [-0.1, -0.05) is 0 Å². The van der Waals surface area contributed by atoms with Crippen molar-refractivity contribution in [3.63, 3.8) is 0 Å². The SMILES string of the molecule is O=c1ccn(C2CC3CCCN2CC3)c2ccsc12. The Labute approximate surface area is 116 Å². The van der Waals surface area contributed by atoms with E-state index in [1.165, 1.54) is 38.8 Å². The minimum Gasteiger partial charge on any atom is -0.330 e. The van der Waals surface area contributed by atoms with Gasteiger partial charge in [-0.05, 0) is 43.0 Å². The summed E-state index contributed by atoms with van der Waals surface area (Å²) in [4.78, 5) is 14.5. The Bertz CT molecular complexity index is 655. The van der Waals surface area contributed by atoms with Crippen LogP contribution in [0.5, 0.6) is 0 Å². The lowest BCUT2D eigenvalue weighted by Gasteiger charge is -2.37. The van der Waals surface area contributed by atoms with Crippen molar-refractivity contribution >= 4 is 21.6 Å². The average Bonchev–Trinajstić information content (AvgIpc) is 2.71. The van der Waals surface area contributed by atoms with Gasteiger partial charge >= 0.3 is 0 Å². The van der Waals surface area contributed by atoms with Gasteiger partial charge in [0, 0.05) is 25.4 Å². The summed E-state index contributed by atoms with van der Waals surface area (Å²) in [6.45, 7) is 2.42. The van der Waals surface area contributed by atoms with Gasteiger partial charge in [0.25, 0.3) is 0 Å². The molecule has 3 nitrogen and oxygen atoms in total. The number of rotatable bonds is 1. The fraction of sp³-hybridized carbons (Fsp3) is 0.533. The molecule has 0 aliphatic carbocycles. The molecule has 2 aromatic heterocycles. The van der Waals surface area contributed by atoms with Crippen LogP contribution in [0.2, 0.25) is 0 Å². The molecule has 3 fully saturated rings. The molecule has 2 bridgehead atoms. The maximum absolute atomic E-state index is 11.9. The molecular weight excluding hydrogens is 256 g/mol. The molecule has 3 atom stereocenters. The first kappa shape index (κ1) is 11.7. The van der Waals surface area contributed by atoms with Crippen molar-refractivity contribution in [2.24, 2.45) is 5.92 Å². The molecule has 0 N–H and O–H groups in total. The second-order valence-corrected chi connectivity index (χ2v) is 6.69. The first-order valence-corrected chi connectivity index (χ1v) is 8.03. The summed E-state index contributed by atoms with van der Waals surface area (Å²) in [6.07, 6.45) is 7.76. The van der Waals surface area contributed by atoms with Crippen LogP contribution in [0.1, 0.15) is 31.8 Å². The minimum absolute atomic E-state index is 0.162. The van der Waals surface area contributed by atoms with Crippen LogP contribution in [0.4, 0.5) is 0 Å². The lowest BCUT2D eigenvalue weighted by Crippen LogP contribution is -2.37. The molecule has 19 heavy (non-hydrogen) atoms. The van der Waals surface area contributed by atoms with E-state index >= 15 is 0 Å². The van der Waals surface area contributed by atoms with Crippen molar-refractivity contribution in [2.75, 3.05) is 13.1 Å². The number of pyridine rings is 1. The molecule has 4 heteroatoms. The number of aromatic nitrogens is 1. The number of piperidine rings is 1. The molecule has 5 rings (SSSR count). The lowest BCUT2D eigenvalue weighted by atomic mass is 9.93. The number of hydrogen-bond donors (Lipinski definition) is 0. The number of fused-ring (bicyclic) bond motifs is 5. The van der Waals surface area contributed by atoms with Gasteiger partial charge < -0.3 is 4.57 Å². The Hall–Kier alpha value is -1.13. The lowest BCUT2D eigenvalue weighted by molar-refractivity contribution is 0.0936. The van der Waals surface area contributed by atoms with Gasteiger partial charge in [-0.25, -0.2) is 0 Å². The highest BCUT2D eigenvalue weighted by Gasteiger charge is 2.32. The molecule has 0 spiro atoms. The normalized spacial score (nSPS) is 30.6. The molecule has 2 aromatic rings. The van der Waals surface area contributed by atoms with E-state index in [-0.39, 0.29) is 5.43 Å². The summed E-state index contributed by atoms with van der Waals surface area (Å²) >= 11 is 1.57. The van der Waals surface area contributed by atoms with Crippen molar-refractivity contribution < 1.29 is 0 Å². The summed E-state index contributed by atoms with van der Waals surface area (Å²) in [6, 6.07) is 3.83. The van der Waals surface area contributed by atoms with Crippen LogP contribution in [-0.4, -0.2) is 22.6 Å². The van der Waals surface area contributed by atoms with Crippen LogP contribution in [0, 0.1) is 5.92 Å². The van der Waals surface area contributed by atoms with Crippen molar-refractivity contribution in [3.05, 3.63) is 33.9 Å². The van der Waals surface area contributed by atoms with Crippen LogP contribution in [-0.2, 0) is 0 Å². The van der Waals surface area contributed by atoms with Crippen LogP contribution in [0.25, 0.3) is 10.2 Å². The van der Waals surface area contributed by atoms with Crippen LogP contribution >= 0.6 is 11.3 Å². The standard InChI is InChI=1S/C15H18N2OS/c18-13-4-8-17(12-5-9-19-15(12)13)14-10-11-2-1-6-16(14)7-3-11/h4-5,8-9,11,14H,1-3,6-7,10H2. The maximum atomic E-state index is 11.9.